The first-order valence-electron chi connectivity index (χ1n) is 6.66. The monoisotopic (exact) mass is 266 g/mol. The lowest BCUT2D eigenvalue weighted by Crippen LogP contribution is -2.61. The molecule has 1 fully saturated rings. The highest BCUT2D eigenvalue weighted by Crippen LogP contribution is 2.31. The van der Waals surface area contributed by atoms with Crippen molar-refractivity contribution in [1.82, 2.24) is 10.2 Å². The zero-order valence-corrected chi connectivity index (χ0v) is 12.5. The number of piperazine rings is 1. The molecule has 18 heavy (non-hydrogen) atoms. The van der Waals surface area contributed by atoms with Gasteiger partial charge in [0.2, 0.25) is 0 Å². The van der Waals surface area contributed by atoms with Gasteiger partial charge >= 0.3 is 0 Å². The van der Waals surface area contributed by atoms with E-state index in [0.29, 0.717) is 12.1 Å². The van der Waals surface area contributed by atoms with Crippen LogP contribution in [0.5, 0.6) is 0 Å². The highest BCUT2D eigenvalue weighted by atomic mass is 35.5. The van der Waals surface area contributed by atoms with Crippen molar-refractivity contribution in [2.24, 2.45) is 0 Å². The van der Waals surface area contributed by atoms with E-state index in [-0.39, 0.29) is 5.54 Å². The molecular weight excluding hydrogens is 244 g/mol. The molecule has 0 amide bonds. The van der Waals surface area contributed by atoms with Crippen LogP contribution < -0.4 is 5.32 Å². The summed E-state index contributed by atoms with van der Waals surface area (Å²) in [6.07, 6.45) is 0. The molecule has 100 valence electrons. The Kier molecular flexibility index (Phi) is 4.00. The summed E-state index contributed by atoms with van der Waals surface area (Å²) < 4.78 is 0. The quantitative estimate of drug-likeness (QED) is 0.882. The SMILES string of the molecule is CC1CNC(C)(C)CN1C(C)c1ccccc1Cl. The molecule has 2 atom stereocenters. The number of hydrogen-bond donors (Lipinski definition) is 1. The topological polar surface area (TPSA) is 15.3 Å². The third-order valence-corrected chi connectivity index (χ3v) is 4.22. The molecule has 0 aliphatic carbocycles. The lowest BCUT2D eigenvalue weighted by Gasteiger charge is -2.46. The van der Waals surface area contributed by atoms with Gasteiger partial charge in [0.25, 0.3) is 0 Å². The van der Waals surface area contributed by atoms with E-state index in [1.807, 2.05) is 12.1 Å². The highest BCUT2D eigenvalue weighted by Gasteiger charge is 2.33. The van der Waals surface area contributed by atoms with Crippen molar-refractivity contribution in [3.8, 4) is 0 Å². The van der Waals surface area contributed by atoms with Crippen molar-refractivity contribution in [2.75, 3.05) is 13.1 Å². The Morgan fingerprint density at radius 2 is 2.06 bits per heavy atom. The number of nitrogens with zero attached hydrogens (tertiary/aromatic N) is 1. The number of rotatable bonds is 2. The first kappa shape index (κ1) is 13.9. The lowest BCUT2D eigenvalue weighted by atomic mass is 9.95. The molecule has 1 aliphatic heterocycles. The predicted octanol–water partition coefficient (Wildman–Crippen LogP) is 3.47. The van der Waals surface area contributed by atoms with E-state index in [4.69, 9.17) is 11.6 Å². The Bertz CT molecular complexity index is 417. The van der Waals surface area contributed by atoms with Gasteiger partial charge in [0.15, 0.2) is 0 Å². The lowest BCUT2D eigenvalue weighted by molar-refractivity contribution is 0.0690. The van der Waals surface area contributed by atoms with Crippen molar-refractivity contribution < 1.29 is 0 Å². The zero-order chi connectivity index (χ0) is 13.3. The molecule has 2 unspecified atom stereocenters. The van der Waals surface area contributed by atoms with Gasteiger partial charge in [0.05, 0.1) is 0 Å². The number of benzene rings is 1. The maximum absolute atomic E-state index is 6.31. The van der Waals surface area contributed by atoms with Gasteiger partial charge in [-0.15, -0.1) is 0 Å². The van der Waals surface area contributed by atoms with Crippen LogP contribution >= 0.6 is 11.6 Å². The third-order valence-electron chi connectivity index (χ3n) is 3.87. The molecule has 1 N–H and O–H groups in total. The Morgan fingerprint density at radius 3 is 2.72 bits per heavy atom. The molecule has 1 saturated heterocycles. The van der Waals surface area contributed by atoms with E-state index in [1.54, 1.807) is 0 Å². The zero-order valence-electron chi connectivity index (χ0n) is 11.7. The van der Waals surface area contributed by atoms with E-state index >= 15 is 0 Å². The second kappa shape index (κ2) is 5.20. The normalized spacial score (nSPS) is 25.9. The van der Waals surface area contributed by atoms with Crippen LogP contribution in [0.15, 0.2) is 24.3 Å². The van der Waals surface area contributed by atoms with Crippen LogP contribution in [-0.4, -0.2) is 29.6 Å². The molecule has 1 heterocycles. The summed E-state index contributed by atoms with van der Waals surface area (Å²) in [5.74, 6) is 0. The first-order valence-corrected chi connectivity index (χ1v) is 7.04. The molecule has 0 bridgehead atoms. The largest absolute Gasteiger partial charge is 0.309 e. The van der Waals surface area contributed by atoms with E-state index in [0.717, 1.165) is 18.1 Å². The minimum absolute atomic E-state index is 0.169. The minimum Gasteiger partial charge on any atom is -0.309 e. The first-order chi connectivity index (χ1) is 8.41. The van der Waals surface area contributed by atoms with Crippen molar-refractivity contribution in [1.29, 1.82) is 0 Å². The molecule has 1 aromatic carbocycles. The molecule has 0 saturated carbocycles. The van der Waals surface area contributed by atoms with Gasteiger partial charge in [-0.05, 0) is 39.3 Å². The maximum atomic E-state index is 6.31. The highest BCUT2D eigenvalue weighted by molar-refractivity contribution is 6.31. The Hall–Kier alpha value is -0.570. The molecule has 2 rings (SSSR count). The molecule has 0 radical (unpaired) electrons. The van der Waals surface area contributed by atoms with Crippen LogP contribution in [0.25, 0.3) is 0 Å². The van der Waals surface area contributed by atoms with Crippen LogP contribution in [0.3, 0.4) is 0 Å². The fourth-order valence-electron chi connectivity index (χ4n) is 2.72. The summed E-state index contributed by atoms with van der Waals surface area (Å²) in [6, 6.07) is 9.05. The minimum atomic E-state index is 0.169. The van der Waals surface area contributed by atoms with Crippen LogP contribution in [0.2, 0.25) is 5.02 Å². The van der Waals surface area contributed by atoms with E-state index < -0.39 is 0 Å². The average Bonchev–Trinajstić information content (AvgIpc) is 2.32. The number of halogens is 1. The van der Waals surface area contributed by atoms with E-state index in [2.05, 4.69) is 50.0 Å². The van der Waals surface area contributed by atoms with Crippen LogP contribution in [0.4, 0.5) is 0 Å². The van der Waals surface area contributed by atoms with E-state index in [9.17, 15) is 0 Å². The molecule has 1 aromatic rings. The summed E-state index contributed by atoms with van der Waals surface area (Å²) in [7, 11) is 0. The van der Waals surface area contributed by atoms with Crippen molar-refractivity contribution >= 4 is 11.6 Å². The molecule has 0 aromatic heterocycles. The van der Waals surface area contributed by atoms with Crippen molar-refractivity contribution in [3.63, 3.8) is 0 Å². The predicted molar refractivity (Wildman–Crippen MR) is 78.1 cm³/mol. The molecule has 3 heteroatoms. The Balaban J connectivity index is 2.22. The second-order valence-electron chi connectivity index (χ2n) is 5.98. The summed E-state index contributed by atoms with van der Waals surface area (Å²) in [5, 5.41) is 4.45. The molecular formula is C15H23ClN2. The fourth-order valence-corrected chi connectivity index (χ4v) is 3.01. The van der Waals surface area contributed by atoms with Gasteiger partial charge in [-0.1, -0.05) is 29.8 Å². The Labute approximate surface area is 115 Å². The Morgan fingerprint density at radius 1 is 1.39 bits per heavy atom. The van der Waals surface area contributed by atoms with Gasteiger partial charge in [-0.25, -0.2) is 0 Å². The van der Waals surface area contributed by atoms with Gasteiger partial charge in [0, 0.05) is 35.7 Å². The molecule has 2 nitrogen and oxygen atoms in total. The number of nitrogens with one attached hydrogen (secondary N) is 1. The molecule has 0 spiro atoms. The van der Waals surface area contributed by atoms with E-state index in [1.165, 1.54) is 5.56 Å². The van der Waals surface area contributed by atoms with Gasteiger partial charge < -0.3 is 5.32 Å². The third kappa shape index (κ3) is 2.87. The number of hydrogen-bond acceptors (Lipinski definition) is 2. The fraction of sp³-hybridized carbons (Fsp3) is 0.600. The molecule has 1 aliphatic rings. The smallest absolute Gasteiger partial charge is 0.0453 e. The average molecular weight is 267 g/mol. The second-order valence-corrected chi connectivity index (χ2v) is 6.39. The standard InChI is InChI=1S/C15H23ClN2/c1-11-9-17-15(3,4)10-18(11)12(2)13-7-5-6-8-14(13)16/h5-8,11-12,17H,9-10H2,1-4H3. The maximum Gasteiger partial charge on any atom is 0.0453 e. The van der Waals surface area contributed by atoms with Crippen molar-refractivity contribution in [3.05, 3.63) is 34.9 Å². The summed E-state index contributed by atoms with van der Waals surface area (Å²) >= 11 is 6.31. The summed E-state index contributed by atoms with van der Waals surface area (Å²) in [6.45, 7) is 11.1. The van der Waals surface area contributed by atoms with Crippen LogP contribution in [0.1, 0.15) is 39.3 Å². The van der Waals surface area contributed by atoms with Gasteiger partial charge in [-0.3, -0.25) is 4.90 Å². The van der Waals surface area contributed by atoms with Gasteiger partial charge in [-0.2, -0.15) is 0 Å². The van der Waals surface area contributed by atoms with Crippen LogP contribution in [-0.2, 0) is 0 Å². The van der Waals surface area contributed by atoms with Crippen molar-refractivity contribution in [2.45, 2.75) is 45.3 Å². The summed E-state index contributed by atoms with van der Waals surface area (Å²) in [5.41, 5.74) is 1.39. The van der Waals surface area contributed by atoms with Crippen LogP contribution in [0, 0.1) is 0 Å². The van der Waals surface area contributed by atoms with Gasteiger partial charge in [0.1, 0.15) is 0 Å². The summed E-state index contributed by atoms with van der Waals surface area (Å²) in [4.78, 5) is 2.54.